The van der Waals surface area contributed by atoms with Crippen molar-refractivity contribution in [3.05, 3.63) is 127 Å². The highest BCUT2D eigenvalue weighted by atomic mass is 35.5. The predicted molar refractivity (Wildman–Crippen MR) is 151 cm³/mol. The van der Waals surface area contributed by atoms with E-state index in [1.165, 1.54) is 11.3 Å². The van der Waals surface area contributed by atoms with E-state index in [-0.39, 0.29) is 17.3 Å². The van der Waals surface area contributed by atoms with E-state index in [4.69, 9.17) is 23.2 Å². The third-order valence-corrected chi connectivity index (χ3v) is 9.40. The second-order valence-electron chi connectivity index (χ2n) is 9.80. The highest BCUT2D eigenvalue weighted by Crippen LogP contribution is 2.61. The smallest absolute Gasteiger partial charge is 0.195 e. The molecule has 2 aliphatic heterocycles. The number of benzene rings is 3. The quantitative estimate of drug-likeness (QED) is 0.195. The number of Topliss-reactive ketones (excluding diaryl/α,β-unsaturated/α-hetero) is 3. The minimum atomic E-state index is -1.52. The molecule has 38 heavy (non-hydrogen) atoms. The molecule has 0 radical (unpaired) electrons. The van der Waals surface area contributed by atoms with Crippen molar-refractivity contribution >= 4 is 63.7 Å². The van der Waals surface area contributed by atoms with Crippen molar-refractivity contribution in [2.24, 2.45) is 5.41 Å². The predicted octanol–water partition coefficient (Wildman–Crippen LogP) is 7.37. The van der Waals surface area contributed by atoms with Gasteiger partial charge < -0.3 is 4.90 Å². The Kier molecular flexibility index (Phi) is 5.28. The number of carbonyl (C=O) groups excluding carboxylic acids is 3. The first-order valence-corrected chi connectivity index (χ1v) is 13.8. The number of hydrogen-bond donors (Lipinski definition) is 0. The summed E-state index contributed by atoms with van der Waals surface area (Å²) in [5.74, 6) is -1.39. The Morgan fingerprint density at radius 1 is 0.842 bits per heavy atom. The Hall–Kier alpha value is -3.51. The summed E-state index contributed by atoms with van der Waals surface area (Å²) in [6, 6.07) is 21.8. The Bertz CT molecular complexity index is 1640. The number of fused-ring (bicyclic) bond motifs is 5. The molecular formula is C31H19Cl2NO3S. The molecule has 0 amide bonds. The fraction of sp³-hybridized carbons (Fsp3) is 0.129. The molecule has 0 saturated carbocycles. The van der Waals surface area contributed by atoms with Gasteiger partial charge in [0.05, 0.1) is 10.9 Å². The van der Waals surface area contributed by atoms with Crippen LogP contribution in [0.5, 0.6) is 0 Å². The van der Waals surface area contributed by atoms with E-state index in [2.05, 4.69) is 0 Å². The van der Waals surface area contributed by atoms with Crippen LogP contribution in [-0.4, -0.2) is 29.4 Å². The molecule has 0 bridgehead atoms. The van der Waals surface area contributed by atoms with Crippen LogP contribution in [0, 0.1) is 5.41 Å². The lowest BCUT2D eigenvalue weighted by Crippen LogP contribution is -2.48. The zero-order chi connectivity index (χ0) is 26.2. The zero-order valence-electron chi connectivity index (χ0n) is 19.8. The molecular weight excluding hydrogens is 537 g/mol. The largest absolute Gasteiger partial charge is 0.352 e. The summed E-state index contributed by atoms with van der Waals surface area (Å²) in [4.78, 5) is 46.0. The SMILES string of the molecule is O=C(c1cccs1)[C@H]1[C@H](c2ccc(Cl)cc2)C2(C(=O)c3ccccc3C2=O)C2C=Cc3cc(Cl)ccc3N21. The molecule has 186 valence electrons. The average molecular weight is 556 g/mol. The highest BCUT2D eigenvalue weighted by molar-refractivity contribution is 7.12. The molecule has 0 N–H and O–H groups in total. The normalized spacial score (nSPS) is 22.5. The van der Waals surface area contributed by atoms with Crippen LogP contribution in [-0.2, 0) is 0 Å². The lowest BCUT2D eigenvalue weighted by Gasteiger charge is -2.37. The maximum absolute atomic E-state index is 14.5. The topological polar surface area (TPSA) is 54.5 Å². The van der Waals surface area contributed by atoms with Crippen molar-refractivity contribution in [1.29, 1.82) is 0 Å². The Morgan fingerprint density at radius 2 is 1.53 bits per heavy atom. The number of nitrogens with zero attached hydrogens (tertiary/aromatic N) is 1. The summed E-state index contributed by atoms with van der Waals surface area (Å²) in [6.45, 7) is 0. The molecule has 1 aromatic heterocycles. The van der Waals surface area contributed by atoms with E-state index in [1.54, 1.807) is 48.5 Å². The van der Waals surface area contributed by atoms with Crippen LogP contribution in [0.15, 0.2) is 90.3 Å². The molecule has 1 unspecified atom stereocenters. The first-order valence-electron chi connectivity index (χ1n) is 12.2. The van der Waals surface area contributed by atoms with Gasteiger partial charge >= 0.3 is 0 Å². The van der Waals surface area contributed by atoms with Gasteiger partial charge in [-0.3, -0.25) is 14.4 Å². The number of hydrogen-bond acceptors (Lipinski definition) is 5. The van der Waals surface area contributed by atoms with Gasteiger partial charge in [-0.05, 0) is 52.9 Å². The summed E-state index contributed by atoms with van der Waals surface area (Å²) >= 11 is 13.9. The van der Waals surface area contributed by atoms with Crippen molar-refractivity contribution in [2.45, 2.75) is 18.0 Å². The Balaban J connectivity index is 1.56. The molecule has 1 fully saturated rings. The van der Waals surface area contributed by atoms with E-state index in [9.17, 15) is 14.4 Å². The van der Waals surface area contributed by atoms with Crippen molar-refractivity contribution in [1.82, 2.24) is 0 Å². The molecule has 1 saturated heterocycles. The summed E-state index contributed by atoms with van der Waals surface area (Å²) < 4.78 is 0. The highest BCUT2D eigenvalue weighted by Gasteiger charge is 2.71. The number of thiophene rings is 1. The van der Waals surface area contributed by atoms with Crippen LogP contribution in [0.25, 0.3) is 6.08 Å². The van der Waals surface area contributed by atoms with Crippen molar-refractivity contribution < 1.29 is 14.4 Å². The standard InChI is InChI=1S/C31H19Cl2NO3S/c32-19-10-7-17(8-11-19)26-27(28(35)24-6-3-15-38-24)34-23-13-12-20(33)16-18(23)9-14-25(34)31(26)29(36)21-4-1-2-5-22(21)30(31)37/h1-16,25-27H/t25?,26-,27+/m0/s1. The number of carbonyl (C=O) groups is 3. The lowest BCUT2D eigenvalue weighted by molar-refractivity contribution is 0.0666. The fourth-order valence-corrected chi connectivity index (χ4v) is 7.56. The van der Waals surface area contributed by atoms with Crippen LogP contribution in [0.3, 0.4) is 0 Å². The molecule has 1 spiro atoms. The van der Waals surface area contributed by atoms with E-state index in [0.29, 0.717) is 26.0 Å². The number of rotatable bonds is 3. The Morgan fingerprint density at radius 3 is 2.18 bits per heavy atom. The summed E-state index contributed by atoms with van der Waals surface area (Å²) in [7, 11) is 0. The minimum absolute atomic E-state index is 0.130. The first-order chi connectivity index (χ1) is 18.4. The second-order valence-corrected chi connectivity index (χ2v) is 11.6. The minimum Gasteiger partial charge on any atom is -0.352 e. The molecule has 7 rings (SSSR count). The summed E-state index contributed by atoms with van der Waals surface area (Å²) in [6.07, 6.45) is 3.80. The molecule has 3 aliphatic rings. The van der Waals surface area contributed by atoms with Crippen molar-refractivity contribution in [2.75, 3.05) is 4.90 Å². The van der Waals surface area contributed by atoms with E-state index < -0.39 is 23.4 Å². The molecule has 1 aliphatic carbocycles. The maximum Gasteiger partial charge on any atom is 0.195 e. The number of anilines is 1. The van der Waals surface area contributed by atoms with E-state index >= 15 is 0 Å². The molecule has 3 heterocycles. The monoisotopic (exact) mass is 555 g/mol. The van der Waals surface area contributed by atoms with Gasteiger partial charge in [0, 0.05) is 32.8 Å². The van der Waals surface area contributed by atoms with Gasteiger partial charge in [0.2, 0.25) is 0 Å². The lowest BCUT2D eigenvalue weighted by atomic mass is 9.64. The third kappa shape index (κ3) is 3.07. The molecule has 4 aromatic rings. The second kappa shape index (κ2) is 8.50. The third-order valence-electron chi connectivity index (χ3n) is 8.03. The summed E-state index contributed by atoms with van der Waals surface area (Å²) in [5.41, 5.74) is 1.59. The van der Waals surface area contributed by atoms with Gasteiger partial charge in [0.15, 0.2) is 17.3 Å². The van der Waals surface area contributed by atoms with E-state index in [0.717, 1.165) is 16.8 Å². The number of ketones is 3. The van der Waals surface area contributed by atoms with Gasteiger partial charge in [-0.15, -0.1) is 11.3 Å². The van der Waals surface area contributed by atoms with Crippen LogP contribution < -0.4 is 4.90 Å². The van der Waals surface area contributed by atoms with E-state index in [1.807, 2.05) is 52.8 Å². The van der Waals surface area contributed by atoms with Gasteiger partial charge in [-0.25, -0.2) is 0 Å². The van der Waals surface area contributed by atoms with Gasteiger partial charge in [-0.2, -0.15) is 0 Å². The average Bonchev–Trinajstić information content (AvgIpc) is 3.62. The number of halogens is 2. The molecule has 7 heteroatoms. The fourth-order valence-electron chi connectivity index (χ4n) is 6.56. The van der Waals surface area contributed by atoms with Crippen molar-refractivity contribution in [3.8, 4) is 0 Å². The molecule has 3 aromatic carbocycles. The van der Waals surface area contributed by atoms with Crippen LogP contribution >= 0.6 is 34.5 Å². The molecule has 4 nitrogen and oxygen atoms in total. The van der Waals surface area contributed by atoms with Crippen LogP contribution in [0.2, 0.25) is 10.0 Å². The maximum atomic E-state index is 14.5. The Labute approximate surface area is 233 Å². The van der Waals surface area contributed by atoms with Gasteiger partial charge in [0.1, 0.15) is 11.5 Å². The van der Waals surface area contributed by atoms with Gasteiger partial charge in [0.25, 0.3) is 0 Å². The van der Waals surface area contributed by atoms with Crippen LogP contribution in [0.1, 0.15) is 47.4 Å². The van der Waals surface area contributed by atoms with Crippen LogP contribution in [0.4, 0.5) is 5.69 Å². The van der Waals surface area contributed by atoms with Gasteiger partial charge in [-0.1, -0.05) is 77.8 Å². The zero-order valence-corrected chi connectivity index (χ0v) is 22.1. The molecule has 3 atom stereocenters. The first kappa shape index (κ1) is 23.6. The van der Waals surface area contributed by atoms with Crippen molar-refractivity contribution in [3.63, 3.8) is 0 Å². The summed E-state index contributed by atoms with van der Waals surface area (Å²) in [5, 5.41) is 2.96.